The van der Waals surface area contributed by atoms with Crippen molar-refractivity contribution in [2.45, 2.75) is 13.8 Å². The van der Waals surface area contributed by atoms with E-state index in [1.54, 1.807) is 25.2 Å². The van der Waals surface area contributed by atoms with E-state index in [0.29, 0.717) is 22.3 Å². The van der Waals surface area contributed by atoms with Crippen molar-refractivity contribution >= 4 is 6.08 Å². The Labute approximate surface area is 147 Å². The molecule has 1 aromatic carbocycles. The lowest BCUT2D eigenvalue weighted by Gasteiger charge is -2.02. The van der Waals surface area contributed by atoms with E-state index in [4.69, 9.17) is 0 Å². The van der Waals surface area contributed by atoms with Gasteiger partial charge in [0.25, 0.3) is 0 Å². The molecule has 0 atom stereocenters. The van der Waals surface area contributed by atoms with Gasteiger partial charge < -0.3 is 0 Å². The molecular formula is C22H21F3. The maximum Gasteiger partial charge on any atom is 0.166 e. The van der Waals surface area contributed by atoms with Crippen molar-refractivity contribution in [2.75, 3.05) is 0 Å². The van der Waals surface area contributed by atoms with Crippen LogP contribution in [0.15, 0.2) is 90.9 Å². The Balaban J connectivity index is 2.80. The molecule has 0 nitrogen and oxygen atoms in total. The fourth-order valence-electron chi connectivity index (χ4n) is 1.73. The van der Waals surface area contributed by atoms with E-state index >= 15 is 0 Å². The molecule has 0 aromatic heterocycles. The smallest absolute Gasteiger partial charge is 0.166 e. The van der Waals surface area contributed by atoms with Crippen LogP contribution in [0.25, 0.3) is 6.08 Å². The van der Waals surface area contributed by atoms with Crippen molar-refractivity contribution in [1.82, 2.24) is 0 Å². The third kappa shape index (κ3) is 5.96. The second-order valence-electron chi connectivity index (χ2n) is 5.66. The summed E-state index contributed by atoms with van der Waals surface area (Å²) in [5, 5.41) is 0. The zero-order valence-electron chi connectivity index (χ0n) is 14.5. The minimum absolute atomic E-state index is 0.132. The first-order valence-electron chi connectivity index (χ1n) is 7.54. The average molecular weight is 342 g/mol. The highest BCUT2D eigenvalue weighted by Crippen LogP contribution is 2.19. The molecule has 1 rings (SSSR count). The lowest BCUT2D eigenvalue weighted by Crippen LogP contribution is -1.92. The first-order valence-corrected chi connectivity index (χ1v) is 7.54. The molecule has 3 heteroatoms. The van der Waals surface area contributed by atoms with Gasteiger partial charge in [-0.3, -0.25) is 0 Å². The van der Waals surface area contributed by atoms with E-state index in [1.807, 2.05) is 0 Å². The summed E-state index contributed by atoms with van der Waals surface area (Å²) in [5.41, 5.74) is 2.13. The SMILES string of the molecule is C=C(/C=C\C(=C)C(=C)/C=C(/F)C(=C)C)/C=C/c1ccc(C)c(F)c1F. The summed E-state index contributed by atoms with van der Waals surface area (Å²) >= 11 is 0. The normalized spacial score (nSPS) is 12.0. The van der Waals surface area contributed by atoms with Gasteiger partial charge in [0.15, 0.2) is 11.6 Å². The molecule has 0 unspecified atom stereocenters. The Hall–Kier alpha value is -2.81. The number of allylic oxidation sites excluding steroid dienone is 9. The molecule has 0 fully saturated rings. The summed E-state index contributed by atoms with van der Waals surface area (Å²) in [4.78, 5) is 0. The molecule has 0 aliphatic carbocycles. The van der Waals surface area contributed by atoms with Gasteiger partial charge >= 0.3 is 0 Å². The van der Waals surface area contributed by atoms with Crippen LogP contribution in [-0.4, -0.2) is 0 Å². The molecule has 0 aliphatic heterocycles. The summed E-state index contributed by atoms with van der Waals surface area (Å²) in [6.07, 6.45) is 7.47. The minimum Gasteiger partial charge on any atom is -0.207 e. The predicted octanol–water partition coefficient (Wildman–Crippen LogP) is 6.94. The van der Waals surface area contributed by atoms with Gasteiger partial charge in [0.1, 0.15) is 5.83 Å². The molecule has 0 radical (unpaired) electrons. The van der Waals surface area contributed by atoms with Crippen LogP contribution >= 0.6 is 0 Å². The van der Waals surface area contributed by atoms with Crippen LogP contribution in [0.2, 0.25) is 0 Å². The van der Waals surface area contributed by atoms with Crippen molar-refractivity contribution in [1.29, 1.82) is 0 Å². The molecule has 1 aromatic rings. The van der Waals surface area contributed by atoms with Crippen molar-refractivity contribution in [3.63, 3.8) is 0 Å². The molecule has 0 N–H and O–H groups in total. The van der Waals surface area contributed by atoms with Crippen LogP contribution in [0, 0.1) is 18.6 Å². The Morgan fingerprint density at radius 2 is 1.56 bits per heavy atom. The zero-order valence-corrected chi connectivity index (χ0v) is 14.5. The molecule has 0 bridgehead atoms. The highest BCUT2D eigenvalue weighted by molar-refractivity contribution is 5.56. The third-order valence-corrected chi connectivity index (χ3v) is 3.40. The molecule has 0 saturated carbocycles. The van der Waals surface area contributed by atoms with Crippen molar-refractivity contribution in [3.05, 3.63) is 114 Å². The summed E-state index contributed by atoms with van der Waals surface area (Å²) < 4.78 is 40.8. The Morgan fingerprint density at radius 3 is 2.16 bits per heavy atom. The number of hydrogen-bond donors (Lipinski definition) is 0. The zero-order chi connectivity index (χ0) is 19.1. The lowest BCUT2D eigenvalue weighted by molar-refractivity contribution is 0.501. The van der Waals surface area contributed by atoms with Crippen LogP contribution in [0.5, 0.6) is 0 Å². The quantitative estimate of drug-likeness (QED) is 0.471. The van der Waals surface area contributed by atoms with Crippen LogP contribution < -0.4 is 0 Å². The minimum atomic E-state index is -0.897. The number of benzene rings is 1. The van der Waals surface area contributed by atoms with Crippen LogP contribution in [0.1, 0.15) is 18.1 Å². The van der Waals surface area contributed by atoms with E-state index in [1.165, 1.54) is 31.2 Å². The van der Waals surface area contributed by atoms with Crippen molar-refractivity contribution in [3.8, 4) is 0 Å². The monoisotopic (exact) mass is 342 g/mol. The van der Waals surface area contributed by atoms with Crippen molar-refractivity contribution in [2.24, 2.45) is 0 Å². The Kier molecular flexibility index (Phi) is 7.19. The van der Waals surface area contributed by atoms with Crippen LogP contribution in [0.3, 0.4) is 0 Å². The fraction of sp³-hybridized carbons (Fsp3) is 0.0909. The largest absolute Gasteiger partial charge is 0.207 e. The molecule has 0 heterocycles. The molecular weight excluding hydrogens is 321 g/mol. The highest BCUT2D eigenvalue weighted by atomic mass is 19.2. The maximum atomic E-state index is 13.8. The lowest BCUT2D eigenvalue weighted by atomic mass is 10.1. The number of halogens is 3. The summed E-state index contributed by atoms with van der Waals surface area (Å²) in [7, 11) is 0. The van der Waals surface area contributed by atoms with E-state index in [2.05, 4.69) is 26.3 Å². The van der Waals surface area contributed by atoms with E-state index in [-0.39, 0.29) is 11.1 Å². The van der Waals surface area contributed by atoms with Gasteiger partial charge in [0.05, 0.1) is 0 Å². The first kappa shape index (κ1) is 20.2. The molecule has 0 aliphatic rings. The number of rotatable bonds is 7. The third-order valence-electron chi connectivity index (χ3n) is 3.40. The van der Waals surface area contributed by atoms with E-state index in [0.717, 1.165) is 0 Å². The number of hydrogen-bond acceptors (Lipinski definition) is 0. The molecule has 0 spiro atoms. The second kappa shape index (κ2) is 8.88. The molecule has 130 valence electrons. The van der Waals surface area contributed by atoms with Gasteiger partial charge in [0, 0.05) is 5.56 Å². The Bertz CT molecular complexity index is 818. The molecule has 0 saturated heterocycles. The van der Waals surface area contributed by atoms with Gasteiger partial charge in [-0.1, -0.05) is 62.8 Å². The topological polar surface area (TPSA) is 0 Å². The van der Waals surface area contributed by atoms with Gasteiger partial charge in [-0.25, -0.2) is 13.2 Å². The van der Waals surface area contributed by atoms with Gasteiger partial charge in [-0.2, -0.15) is 0 Å². The molecule has 25 heavy (non-hydrogen) atoms. The average Bonchev–Trinajstić information content (AvgIpc) is 2.56. The van der Waals surface area contributed by atoms with Crippen LogP contribution in [0.4, 0.5) is 13.2 Å². The fourth-order valence-corrected chi connectivity index (χ4v) is 1.73. The molecule has 0 amide bonds. The summed E-state index contributed by atoms with van der Waals surface area (Å²) in [5.74, 6) is -2.22. The summed E-state index contributed by atoms with van der Waals surface area (Å²) in [6, 6.07) is 3.00. The Morgan fingerprint density at radius 1 is 0.920 bits per heavy atom. The first-order chi connectivity index (χ1) is 11.6. The van der Waals surface area contributed by atoms with Gasteiger partial charge in [-0.05, 0) is 47.8 Å². The van der Waals surface area contributed by atoms with E-state index < -0.39 is 17.5 Å². The predicted molar refractivity (Wildman–Crippen MR) is 101 cm³/mol. The van der Waals surface area contributed by atoms with Crippen LogP contribution in [-0.2, 0) is 0 Å². The second-order valence-corrected chi connectivity index (χ2v) is 5.66. The number of aryl methyl sites for hydroxylation is 1. The van der Waals surface area contributed by atoms with Crippen molar-refractivity contribution < 1.29 is 13.2 Å². The standard InChI is InChI=1S/C22H21F3/c1-14(2)20(23)13-18(6)16(4)9-7-15(3)8-11-19-12-10-17(5)21(24)22(19)25/h7-13H,1,3-4,6H2,2,5H3/b9-7-,11-8+,20-13+. The van der Waals surface area contributed by atoms with E-state index in [9.17, 15) is 13.2 Å². The van der Waals surface area contributed by atoms with Gasteiger partial charge in [-0.15, -0.1) is 0 Å². The summed E-state index contributed by atoms with van der Waals surface area (Å²) in [6.45, 7) is 17.9. The highest BCUT2D eigenvalue weighted by Gasteiger charge is 2.08. The maximum absolute atomic E-state index is 13.8. The van der Waals surface area contributed by atoms with Gasteiger partial charge in [0.2, 0.25) is 0 Å².